The van der Waals surface area contributed by atoms with Crippen molar-refractivity contribution in [3.05, 3.63) is 24.0 Å². The second-order valence-electron chi connectivity index (χ2n) is 4.77. The average Bonchev–Trinajstić information content (AvgIpc) is 2.24. The van der Waals surface area contributed by atoms with Crippen LogP contribution >= 0.6 is 0 Å². The molecule has 0 spiro atoms. The lowest BCUT2D eigenvalue weighted by Crippen LogP contribution is -2.28. The first-order valence-corrected chi connectivity index (χ1v) is 5.54. The van der Waals surface area contributed by atoms with E-state index in [1.54, 1.807) is 26.8 Å². The van der Waals surface area contributed by atoms with Crippen LogP contribution < -0.4 is 11.1 Å². The number of nitrogen functional groups attached to an aromatic ring is 1. The van der Waals surface area contributed by atoms with E-state index in [4.69, 9.17) is 15.9 Å². The first-order valence-electron chi connectivity index (χ1n) is 5.54. The first-order chi connectivity index (χ1) is 8.29. The summed E-state index contributed by atoms with van der Waals surface area (Å²) in [6.07, 6.45) is 3.05. The summed E-state index contributed by atoms with van der Waals surface area (Å²) in [5.74, 6) is -0.454. The second-order valence-corrected chi connectivity index (χ2v) is 4.77. The number of nitrogens with zero attached hydrogens (tertiary/aromatic N) is 1. The van der Waals surface area contributed by atoms with E-state index in [0.717, 1.165) is 0 Å². The molecule has 0 bridgehead atoms. The van der Waals surface area contributed by atoms with E-state index in [9.17, 15) is 4.79 Å². The van der Waals surface area contributed by atoms with E-state index in [0.29, 0.717) is 11.3 Å². The lowest BCUT2D eigenvalue weighted by molar-refractivity contribution is -0.152. The molecule has 6 nitrogen and oxygen atoms in total. The van der Waals surface area contributed by atoms with E-state index in [1.807, 2.05) is 0 Å². The summed E-state index contributed by atoms with van der Waals surface area (Å²) in [7, 11) is 0. The summed E-state index contributed by atoms with van der Waals surface area (Å²) < 4.78 is 5.15. The minimum absolute atomic E-state index is 0.00322. The SMILES string of the molecule is CC(C)(C)OC(=O)CNc1cnccc1C(=N)N. The van der Waals surface area contributed by atoms with Gasteiger partial charge in [-0.05, 0) is 26.8 Å². The molecule has 4 N–H and O–H groups in total. The highest BCUT2D eigenvalue weighted by molar-refractivity contribution is 6.00. The van der Waals surface area contributed by atoms with E-state index in [1.165, 1.54) is 12.4 Å². The van der Waals surface area contributed by atoms with E-state index in [2.05, 4.69) is 10.3 Å². The average molecular weight is 250 g/mol. The summed E-state index contributed by atoms with van der Waals surface area (Å²) in [6.45, 7) is 5.41. The molecule has 0 radical (unpaired) electrons. The van der Waals surface area contributed by atoms with Crippen molar-refractivity contribution in [1.82, 2.24) is 4.98 Å². The van der Waals surface area contributed by atoms with Crippen LogP contribution in [0.3, 0.4) is 0 Å². The predicted octanol–water partition coefficient (Wildman–Crippen LogP) is 1.12. The standard InChI is InChI=1S/C12H18N4O2/c1-12(2,3)18-10(17)7-16-9-6-15-5-4-8(9)11(13)14/h4-6,16H,7H2,1-3H3,(H3,13,14). The maximum Gasteiger partial charge on any atom is 0.325 e. The van der Waals surface area contributed by atoms with Gasteiger partial charge in [-0.2, -0.15) is 0 Å². The molecular formula is C12H18N4O2. The van der Waals surface area contributed by atoms with E-state index < -0.39 is 5.60 Å². The highest BCUT2D eigenvalue weighted by Crippen LogP contribution is 2.13. The molecule has 0 saturated heterocycles. The van der Waals surface area contributed by atoms with Crippen LogP contribution in [-0.4, -0.2) is 28.9 Å². The van der Waals surface area contributed by atoms with Gasteiger partial charge in [0, 0.05) is 11.8 Å². The smallest absolute Gasteiger partial charge is 0.325 e. The molecule has 1 rings (SSSR count). The molecular weight excluding hydrogens is 232 g/mol. The van der Waals surface area contributed by atoms with Crippen LogP contribution in [0.5, 0.6) is 0 Å². The number of ether oxygens (including phenoxy) is 1. The molecule has 6 heteroatoms. The maximum atomic E-state index is 11.5. The third kappa shape index (κ3) is 4.40. The van der Waals surface area contributed by atoms with Gasteiger partial charge in [-0.1, -0.05) is 0 Å². The van der Waals surface area contributed by atoms with Gasteiger partial charge in [0.05, 0.1) is 11.9 Å². The number of hydrogen-bond donors (Lipinski definition) is 3. The lowest BCUT2D eigenvalue weighted by atomic mass is 10.2. The summed E-state index contributed by atoms with van der Waals surface area (Å²) in [5.41, 5.74) is 5.95. The third-order valence-electron chi connectivity index (χ3n) is 1.95. The lowest BCUT2D eigenvalue weighted by Gasteiger charge is -2.20. The predicted molar refractivity (Wildman–Crippen MR) is 69.6 cm³/mol. The molecule has 0 amide bonds. The minimum atomic E-state index is -0.517. The zero-order valence-electron chi connectivity index (χ0n) is 10.8. The van der Waals surface area contributed by atoms with Crippen LogP contribution in [-0.2, 0) is 9.53 Å². The summed E-state index contributed by atoms with van der Waals surface area (Å²) >= 11 is 0. The van der Waals surface area contributed by atoms with Gasteiger partial charge in [-0.15, -0.1) is 0 Å². The number of rotatable bonds is 4. The fourth-order valence-corrected chi connectivity index (χ4v) is 1.32. The van der Waals surface area contributed by atoms with Gasteiger partial charge in [0.25, 0.3) is 0 Å². The number of nitrogens with one attached hydrogen (secondary N) is 2. The van der Waals surface area contributed by atoms with Gasteiger partial charge in [0.1, 0.15) is 18.0 Å². The highest BCUT2D eigenvalue weighted by atomic mass is 16.6. The first kappa shape index (κ1) is 14.0. The molecule has 18 heavy (non-hydrogen) atoms. The number of carbonyl (C=O) groups excluding carboxylic acids is 1. The van der Waals surface area contributed by atoms with Crippen molar-refractivity contribution >= 4 is 17.5 Å². The van der Waals surface area contributed by atoms with Gasteiger partial charge >= 0.3 is 5.97 Å². The Morgan fingerprint density at radius 3 is 2.78 bits per heavy atom. The van der Waals surface area contributed by atoms with Crippen molar-refractivity contribution in [3.8, 4) is 0 Å². The molecule has 0 fully saturated rings. The maximum absolute atomic E-state index is 11.5. The normalized spacial score (nSPS) is 10.8. The molecule has 1 aromatic rings. The monoisotopic (exact) mass is 250 g/mol. The molecule has 0 aromatic carbocycles. The van der Waals surface area contributed by atoms with E-state index >= 15 is 0 Å². The number of nitrogens with two attached hydrogens (primary N) is 1. The number of amidine groups is 1. The third-order valence-corrected chi connectivity index (χ3v) is 1.95. The second kappa shape index (κ2) is 5.48. The fraction of sp³-hybridized carbons (Fsp3) is 0.417. The Morgan fingerprint density at radius 1 is 1.56 bits per heavy atom. The Kier molecular flexibility index (Phi) is 4.25. The van der Waals surface area contributed by atoms with Crippen molar-refractivity contribution in [2.45, 2.75) is 26.4 Å². The number of carbonyl (C=O) groups is 1. The fourth-order valence-electron chi connectivity index (χ4n) is 1.32. The van der Waals surface area contributed by atoms with Crippen molar-refractivity contribution in [1.29, 1.82) is 5.41 Å². The minimum Gasteiger partial charge on any atom is -0.459 e. The van der Waals surface area contributed by atoms with Crippen molar-refractivity contribution in [2.24, 2.45) is 5.73 Å². The van der Waals surface area contributed by atoms with Gasteiger partial charge in [0.15, 0.2) is 0 Å². The van der Waals surface area contributed by atoms with Crippen molar-refractivity contribution in [3.63, 3.8) is 0 Å². The van der Waals surface area contributed by atoms with Crippen LogP contribution in [0.2, 0.25) is 0 Å². The topological polar surface area (TPSA) is 101 Å². The number of pyridine rings is 1. The highest BCUT2D eigenvalue weighted by Gasteiger charge is 2.16. The molecule has 0 unspecified atom stereocenters. The molecule has 1 heterocycles. The quantitative estimate of drug-likeness (QED) is 0.422. The van der Waals surface area contributed by atoms with E-state index in [-0.39, 0.29) is 18.3 Å². The molecule has 1 aromatic heterocycles. The Morgan fingerprint density at radius 2 is 2.22 bits per heavy atom. The number of esters is 1. The van der Waals surface area contributed by atoms with Gasteiger partial charge < -0.3 is 15.8 Å². The van der Waals surface area contributed by atoms with Crippen LogP contribution in [0.4, 0.5) is 5.69 Å². The number of hydrogen-bond acceptors (Lipinski definition) is 5. The molecule has 0 aliphatic carbocycles. The summed E-state index contributed by atoms with van der Waals surface area (Å²) in [6, 6.07) is 1.61. The van der Waals surface area contributed by atoms with Crippen molar-refractivity contribution in [2.75, 3.05) is 11.9 Å². The number of anilines is 1. The van der Waals surface area contributed by atoms with Gasteiger partial charge in [-0.25, -0.2) is 0 Å². The summed E-state index contributed by atoms with van der Waals surface area (Å²) in [5, 5.41) is 10.3. The van der Waals surface area contributed by atoms with Crippen LogP contribution in [0.15, 0.2) is 18.5 Å². The Bertz CT molecular complexity index is 452. The van der Waals surface area contributed by atoms with Crippen LogP contribution in [0.25, 0.3) is 0 Å². The zero-order chi connectivity index (χ0) is 13.8. The van der Waals surface area contributed by atoms with Crippen molar-refractivity contribution < 1.29 is 9.53 Å². The zero-order valence-corrected chi connectivity index (χ0v) is 10.8. The Balaban J connectivity index is 2.64. The molecule has 0 aliphatic heterocycles. The van der Waals surface area contributed by atoms with Gasteiger partial charge in [-0.3, -0.25) is 15.2 Å². The number of aromatic nitrogens is 1. The summed E-state index contributed by atoms with van der Waals surface area (Å²) in [4.78, 5) is 15.4. The molecule has 0 aliphatic rings. The molecule has 0 atom stereocenters. The van der Waals surface area contributed by atoms with Crippen LogP contribution in [0.1, 0.15) is 26.3 Å². The largest absolute Gasteiger partial charge is 0.459 e. The Hall–Kier alpha value is -2.11. The van der Waals surface area contributed by atoms with Gasteiger partial charge in [0.2, 0.25) is 0 Å². The molecule has 0 saturated carbocycles. The molecule has 98 valence electrons. The Labute approximate surface area is 106 Å². The van der Waals surface area contributed by atoms with Crippen LogP contribution in [0, 0.1) is 5.41 Å².